The molecule has 0 radical (unpaired) electrons. The molecule has 0 aliphatic rings. The first-order chi connectivity index (χ1) is 8.18. The third-order valence-electron chi connectivity index (χ3n) is 2.90. The highest BCUT2D eigenvalue weighted by atomic mass is 14.9. The van der Waals surface area contributed by atoms with Crippen molar-refractivity contribution >= 4 is 16.6 Å². The van der Waals surface area contributed by atoms with Crippen LogP contribution in [0.4, 0.5) is 0 Å². The van der Waals surface area contributed by atoms with Gasteiger partial charge < -0.3 is 5.73 Å². The van der Waals surface area contributed by atoms with E-state index in [2.05, 4.69) is 61.3 Å². The van der Waals surface area contributed by atoms with Crippen LogP contribution in [0.3, 0.4) is 0 Å². The van der Waals surface area contributed by atoms with Gasteiger partial charge in [0.25, 0.3) is 0 Å². The lowest BCUT2D eigenvalue weighted by atomic mass is 10.0. The number of fused-ring (bicyclic) bond motifs is 1. The largest absolute Gasteiger partial charge is 0.387 e. The molecule has 2 N–H and O–H groups in total. The number of nitrogens with two attached hydrogens (primary N) is 1. The summed E-state index contributed by atoms with van der Waals surface area (Å²) < 4.78 is 0. The van der Waals surface area contributed by atoms with Crippen LogP contribution in [0.2, 0.25) is 0 Å². The van der Waals surface area contributed by atoms with Crippen molar-refractivity contribution in [3.8, 4) is 0 Å². The molecule has 0 saturated carbocycles. The summed E-state index contributed by atoms with van der Waals surface area (Å²) in [5, 5.41) is 2.51. The van der Waals surface area contributed by atoms with Crippen molar-refractivity contribution in [1.82, 2.24) is 0 Å². The number of nitrogens with zero attached hydrogens (tertiary/aromatic N) is 1. The summed E-state index contributed by atoms with van der Waals surface area (Å²) in [7, 11) is 0. The number of benzene rings is 2. The van der Waals surface area contributed by atoms with Gasteiger partial charge in [0.2, 0.25) is 0 Å². The van der Waals surface area contributed by atoms with Crippen LogP contribution in [-0.2, 0) is 6.54 Å². The van der Waals surface area contributed by atoms with Gasteiger partial charge in [-0.2, -0.15) is 0 Å². The molecular formula is C15H18N2. The van der Waals surface area contributed by atoms with Crippen molar-refractivity contribution < 1.29 is 0 Å². The Labute approximate surface area is 102 Å². The maximum atomic E-state index is 5.86. The molecular weight excluding hydrogens is 208 g/mol. The highest BCUT2D eigenvalue weighted by Crippen LogP contribution is 2.19. The van der Waals surface area contributed by atoms with Crippen LogP contribution in [0.25, 0.3) is 10.8 Å². The second-order valence-electron chi connectivity index (χ2n) is 4.53. The highest BCUT2D eigenvalue weighted by molar-refractivity contribution is 5.86. The van der Waals surface area contributed by atoms with Crippen molar-refractivity contribution in [1.29, 1.82) is 0 Å². The van der Waals surface area contributed by atoms with Crippen LogP contribution >= 0.6 is 0 Å². The third kappa shape index (κ3) is 2.64. The quantitative estimate of drug-likeness (QED) is 0.632. The monoisotopic (exact) mass is 226 g/mol. The second-order valence-corrected chi connectivity index (χ2v) is 4.53. The van der Waals surface area contributed by atoms with E-state index >= 15 is 0 Å². The zero-order valence-corrected chi connectivity index (χ0v) is 10.4. The van der Waals surface area contributed by atoms with Crippen molar-refractivity contribution in [3.05, 3.63) is 48.0 Å². The Morgan fingerprint density at radius 1 is 1.12 bits per heavy atom. The van der Waals surface area contributed by atoms with E-state index in [1.54, 1.807) is 0 Å². The molecule has 0 heterocycles. The molecule has 2 rings (SSSR count). The molecule has 2 heteroatoms. The molecule has 0 aromatic heterocycles. The Morgan fingerprint density at radius 2 is 1.82 bits per heavy atom. The van der Waals surface area contributed by atoms with E-state index in [0.717, 1.165) is 5.84 Å². The molecule has 0 amide bonds. The highest BCUT2D eigenvalue weighted by Gasteiger charge is 2.01. The summed E-state index contributed by atoms with van der Waals surface area (Å²) in [5.41, 5.74) is 7.09. The average molecular weight is 226 g/mol. The Hall–Kier alpha value is -1.83. The molecule has 0 bridgehead atoms. The normalized spacial score (nSPS) is 12.3. The van der Waals surface area contributed by atoms with Crippen molar-refractivity contribution in [2.75, 3.05) is 0 Å². The fourth-order valence-electron chi connectivity index (χ4n) is 1.79. The lowest BCUT2D eigenvalue weighted by molar-refractivity contribution is 0.855. The lowest BCUT2D eigenvalue weighted by Crippen LogP contribution is -2.18. The number of rotatable bonds is 3. The molecule has 0 aliphatic heterocycles. The molecule has 0 unspecified atom stereocenters. The Kier molecular flexibility index (Phi) is 3.43. The van der Waals surface area contributed by atoms with Crippen LogP contribution in [0, 0.1) is 5.92 Å². The smallest absolute Gasteiger partial charge is 0.0966 e. The van der Waals surface area contributed by atoms with Crippen molar-refractivity contribution in [2.45, 2.75) is 20.4 Å². The standard InChI is InChI=1S/C15H18N2/c1-11(2)15(16)17-10-13-8-5-7-12-6-3-4-9-14(12)13/h3-9,11H,10H2,1-2H3,(H2,16,17). The minimum atomic E-state index is 0.310. The molecule has 2 nitrogen and oxygen atoms in total. The lowest BCUT2D eigenvalue weighted by Gasteiger charge is -2.06. The molecule has 0 atom stereocenters. The zero-order chi connectivity index (χ0) is 12.3. The first-order valence-corrected chi connectivity index (χ1v) is 5.95. The van der Waals surface area contributed by atoms with Crippen LogP contribution in [0.1, 0.15) is 19.4 Å². The average Bonchev–Trinajstić information content (AvgIpc) is 2.35. The molecule has 0 saturated heterocycles. The summed E-state index contributed by atoms with van der Waals surface area (Å²) in [6.07, 6.45) is 0. The fraction of sp³-hybridized carbons (Fsp3) is 0.267. The third-order valence-corrected chi connectivity index (χ3v) is 2.90. The summed E-state index contributed by atoms with van der Waals surface area (Å²) in [5.74, 6) is 1.03. The van der Waals surface area contributed by atoms with E-state index in [1.807, 2.05) is 0 Å². The zero-order valence-electron chi connectivity index (χ0n) is 10.4. The van der Waals surface area contributed by atoms with E-state index in [1.165, 1.54) is 16.3 Å². The fourth-order valence-corrected chi connectivity index (χ4v) is 1.79. The summed E-state index contributed by atoms with van der Waals surface area (Å²) >= 11 is 0. The van der Waals surface area contributed by atoms with Crippen molar-refractivity contribution in [2.24, 2.45) is 16.6 Å². The maximum absolute atomic E-state index is 5.86. The van der Waals surface area contributed by atoms with Gasteiger partial charge in [-0.05, 0) is 16.3 Å². The SMILES string of the molecule is CC(C)C(N)=NCc1cccc2ccccc12. The first kappa shape index (κ1) is 11.6. The van der Waals surface area contributed by atoms with Gasteiger partial charge in [-0.3, -0.25) is 4.99 Å². The minimum Gasteiger partial charge on any atom is -0.387 e. The van der Waals surface area contributed by atoms with E-state index in [0.29, 0.717) is 12.5 Å². The summed E-state index contributed by atoms with van der Waals surface area (Å²) in [6.45, 7) is 4.77. The molecule has 2 aromatic carbocycles. The Bertz CT molecular complexity index is 536. The maximum Gasteiger partial charge on any atom is 0.0966 e. The van der Waals surface area contributed by atoms with Crippen LogP contribution in [-0.4, -0.2) is 5.84 Å². The van der Waals surface area contributed by atoms with Crippen molar-refractivity contribution in [3.63, 3.8) is 0 Å². The molecule has 17 heavy (non-hydrogen) atoms. The number of hydrogen-bond donors (Lipinski definition) is 1. The molecule has 0 fully saturated rings. The number of aliphatic imine (C=N–C) groups is 1. The van der Waals surface area contributed by atoms with E-state index < -0.39 is 0 Å². The Balaban J connectivity index is 2.33. The topological polar surface area (TPSA) is 38.4 Å². The number of hydrogen-bond acceptors (Lipinski definition) is 1. The van der Waals surface area contributed by atoms with Gasteiger partial charge in [0, 0.05) is 5.92 Å². The van der Waals surface area contributed by atoms with Crippen LogP contribution in [0.5, 0.6) is 0 Å². The van der Waals surface area contributed by atoms with Crippen LogP contribution < -0.4 is 5.73 Å². The Morgan fingerprint density at radius 3 is 2.59 bits per heavy atom. The van der Waals surface area contributed by atoms with Gasteiger partial charge in [0.05, 0.1) is 12.4 Å². The molecule has 88 valence electrons. The summed E-state index contributed by atoms with van der Waals surface area (Å²) in [4.78, 5) is 4.44. The van der Waals surface area contributed by atoms with Gasteiger partial charge in [-0.25, -0.2) is 0 Å². The van der Waals surface area contributed by atoms with E-state index in [4.69, 9.17) is 5.73 Å². The predicted octanol–water partition coefficient (Wildman–Crippen LogP) is 3.35. The number of amidine groups is 1. The first-order valence-electron chi connectivity index (χ1n) is 5.95. The molecule has 0 spiro atoms. The molecule has 2 aromatic rings. The molecule has 0 aliphatic carbocycles. The van der Waals surface area contributed by atoms with Gasteiger partial charge in [0.1, 0.15) is 0 Å². The van der Waals surface area contributed by atoms with E-state index in [9.17, 15) is 0 Å². The van der Waals surface area contributed by atoms with Gasteiger partial charge in [-0.1, -0.05) is 56.3 Å². The second kappa shape index (κ2) is 5.00. The summed E-state index contributed by atoms with van der Waals surface area (Å²) in [6, 6.07) is 14.7. The van der Waals surface area contributed by atoms with E-state index in [-0.39, 0.29) is 0 Å². The predicted molar refractivity (Wildman–Crippen MR) is 74.1 cm³/mol. The van der Waals surface area contributed by atoms with Gasteiger partial charge in [-0.15, -0.1) is 0 Å². The van der Waals surface area contributed by atoms with Crippen LogP contribution in [0.15, 0.2) is 47.5 Å². The minimum absolute atomic E-state index is 0.310. The van der Waals surface area contributed by atoms with Gasteiger partial charge >= 0.3 is 0 Å². The van der Waals surface area contributed by atoms with Gasteiger partial charge in [0.15, 0.2) is 0 Å².